The van der Waals surface area contributed by atoms with Crippen molar-refractivity contribution in [3.8, 4) is 5.75 Å². The van der Waals surface area contributed by atoms with Crippen molar-refractivity contribution in [1.82, 2.24) is 4.98 Å². The molecule has 2 aromatic rings. The number of methoxy groups -OCH3 is 1. The molecular weight excluding hydrogens is 290 g/mol. The number of nitrogens with zero attached hydrogens (tertiary/aromatic N) is 1. The topological polar surface area (TPSA) is 42.4 Å². The normalized spacial score (nSPS) is 13.0. The Bertz CT molecular complexity index is 626. The average molecular weight is 301 g/mol. The highest BCUT2D eigenvalue weighted by Crippen LogP contribution is 2.30. The first-order valence-corrected chi connectivity index (χ1v) is 5.87. The summed E-state index contributed by atoms with van der Waals surface area (Å²) in [6, 6.07) is 5.59. The van der Waals surface area contributed by atoms with E-state index in [1.807, 2.05) is 0 Å². The molecule has 1 atom stereocenters. The smallest absolute Gasteiger partial charge is 0.417 e. The monoisotopic (exact) mass is 301 g/mol. The lowest BCUT2D eigenvalue weighted by molar-refractivity contribution is -0.137. The second kappa shape index (κ2) is 5.69. The van der Waals surface area contributed by atoms with Gasteiger partial charge in [0.2, 0.25) is 0 Å². The quantitative estimate of drug-likeness (QED) is 0.884. The summed E-state index contributed by atoms with van der Waals surface area (Å²) in [6.07, 6.45) is -5.37. The molecule has 3 nitrogen and oxygen atoms in total. The van der Waals surface area contributed by atoms with E-state index in [0.29, 0.717) is 6.20 Å². The lowest BCUT2D eigenvalue weighted by Crippen LogP contribution is -2.09. The fourth-order valence-corrected chi connectivity index (χ4v) is 1.75. The molecule has 1 aromatic heterocycles. The molecule has 0 saturated heterocycles. The molecule has 0 radical (unpaired) electrons. The summed E-state index contributed by atoms with van der Waals surface area (Å²) in [6.45, 7) is 0. The minimum Gasteiger partial charge on any atom is -0.497 e. The van der Waals surface area contributed by atoms with Crippen molar-refractivity contribution < 1.29 is 27.4 Å². The molecule has 1 unspecified atom stereocenters. The summed E-state index contributed by atoms with van der Waals surface area (Å²) in [5, 5.41) is 10.0. The highest BCUT2D eigenvalue weighted by atomic mass is 19.4. The first-order valence-electron chi connectivity index (χ1n) is 5.87. The third kappa shape index (κ3) is 3.30. The van der Waals surface area contributed by atoms with Gasteiger partial charge in [0.15, 0.2) is 0 Å². The van der Waals surface area contributed by atoms with Crippen LogP contribution in [0.25, 0.3) is 0 Å². The Morgan fingerprint density at radius 1 is 1.19 bits per heavy atom. The summed E-state index contributed by atoms with van der Waals surface area (Å²) in [7, 11) is 1.36. The molecule has 1 heterocycles. The molecule has 112 valence electrons. The Kier molecular flexibility index (Phi) is 4.13. The van der Waals surface area contributed by atoms with Crippen molar-refractivity contribution in [1.29, 1.82) is 0 Å². The summed E-state index contributed by atoms with van der Waals surface area (Å²) in [4.78, 5) is 3.54. The van der Waals surface area contributed by atoms with Gasteiger partial charge in [-0.25, -0.2) is 4.39 Å². The van der Waals surface area contributed by atoms with Gasteiger partial charge in [0.25, 0.3) is 0 Å². The van der Waals surface area contributed by atoms with Gasteiger partial charge in [0, 0.05) is 17.8 Å². The SMILES string of the molecule is COc1ccc(C(O)c2ccc(C(F)(F)F)cn2)c(F)c1. The van der Waals surface area contributed by atoms with Crippen LogP contribution >= 0.6 is 0 Å². The minimum absolute atomic E-state index is 0.0768. The van der Waals surface area contributed by atoms with Crippen LogP contribution in [0.15, 0.2) is 36.5 Å². The first-order chi connectivity index (χ1) is 9.82. The van der Waals surface area contributed by atoms with E-state index in [9.17, 15) is 22.7 Å². The van der Waals surface area contributed by atoms with Crippen LogP contribution in [0, 0.1) is 5.82 Å². The van der Waals surface area contributed by atoms with Gasteiger partial charge >= 0.3 is 6.18 Å². The lowest BCUT2D eigenvalue weighted by atomic mass is 10.0. The van der Waals surface area contributed by atoms with E-state index in [2.05, 4.69) is 4.98 Å². The molecule has 0 aliphatic carbocycles. The number of hydrogen-bond acceptors (Lipinski definition) is 3. The van der Waals surface area contributed by atoms with Gasteiger partial charge in [0.05, 0.1) is 18.4 Å². The standard InChI is InChI=1S/C14H11F4NO2/c1-21-9-3-4-10(11(15)6-9)13(20)12-5-2-8(7-19-12)14(16,17)18/h2-7,13,20H,1H3. The summed E-state index contributed by atoms with van der Waals surface area (Å²) < 4.78 is 55.9. The van der Waals surface area contributed by atoms with Crippen LogP contribution in [0.5, 0.6) is 5.75 Å². The highest BCUT2D eigenvalue weighted by molar-refractivity contribution is 5.34. The van der Waals surface area contributed by atoms with E-state index in [4.69, 9.17) is 4.74 Å². The van der Waals surface area contributed by atoms with Crippen molar-refractivity contribution >= 4 is 0 Å². The van der Waals surface area contributed by atoms with Crippen LogP contribution in [-0.4, -0.2) is 17.2 Å². The van der Waals surface area contributed by atoms with Crippen molar-refractivity contribution in [2.24, 2.45) is 0 Å². The van der Waals surface area contributed by atoms with Crippen molar-refractivity contribution in [2.75, 3.05) is 7.11 Å². The zero-order chi connectivity index (χ0) is 15.6. The second-order valence-corrected chi connectivity index (χ2v) is 4.26. The van der Waals surface area contributed by atoms with Crippen molar-refractivity contribution in [2.45, 2.75) is 12.3 Å². The maximum absolute atomic E-state index is 13.8. The van der Waals surface area contributed by atoms with Crippen LogP contribution in [-0.2, 0) is 6.18 Å². The van der Waals surface area contributed by atoms with Gasteiger partial charge in [-0.3, -0.25) is 4.98 Å². The lowest BCUT2D eigenvalue weighted by Gasteiger charge is -2.13. The molecule has 7 heteroatoms. The van der Waals surface area contributed by atoms with Gasteiger partial charge in [-0.05, 0) is 24.3 Å². The first kappa shape index (κ1) is 15.2. The Balaban J connectivity index is 2.30. The van der Waals surface area contributed by atoms with E-state index in [0.717, 1.165) is 18.2 Å². The fourth-order valence-electron chi connectivity index (χ4n) is 1.75. The molecule has 0 bridgehead atoms. The molecule has 0 saturated carbocycles. The number of halogens is 4. The van der Waals surface area contributed by atoms with E-state index in [-0.39, 0.29) is 17.0 Å². The van der Waals surface area contributed by atoms with Crippen LogP contribution in [0.2, 0.25) is 0 Å². The van der Waals surface area contributed by atoms with Gasteiger partial charge in [-0.1, -0.05) is 0 Å². The van der Waals surface area contributed by atoms with Crippen LogP contribution in [0.3, 0.4) is 0 Å². The fraction of sp³-hybridized carbons (Fsp3) is 0.214. The summed E-state index contributed by atoms with van der Waals surface area (Å²) >= 11 is 0. The number of benzene rings is 1. The molecule has 2 rings (SSSR count). The Morgan fingerprint density at radius 2 is 1.90 bits per heavy atom. The molecule has 21 heavy (non-hydrogen) atoms. The Labute approximate surface area is 117 Å². The number of aliphatic hydroxyl groups excluding tert-OH is 1. The van der Waals surface area contributed by atoms with Crippen molar-refractivity contribution in [3.05, 3.63) is 59.2 Å². The summed E-state index contributed by atoms with van der Waals surface area (Å²) in [5.41, 5.74) is -1.11. The number of aliphatic hydroxyl groups is 1. The number of pyridine rings is 1. The van der Waals surface area contributed by atoms with E-state index in [1.54, 1.807) is 0 Å². The van der Waals surface area contributed by atoms with Gasteiger partial charge < -0.3 is 9.84 Å². The predicted molar refractivity (Wildman–Crippen MR) is 66.3 cm³/mol. The Morgan fingerprint density at radius 3 is 2.38 bits per heavy atom. The van der Waals surface area contributed by atoms with Crippen LogP contribution < -0.4 is 4.74 Å². The summed E-state index contributed by atoms with van der Waals surface area (Å²) in [5.74, 6) is -0.465. The molecular formula is C14H11F4NO2. The molecule has 0 spiro atoms. The number of aromatic nitrogens is 1. The van der Waals surface area contributed by atoms with Crippen LogP contribution in [0.4, 0.5) is 17.6 Å². The minimum atomic E-state index is -4.51. The van der Waals surface area contributed by atoms with Gasteiger partial charge in [0.1, 0.15) is 17.7 Å². The Hall–Kier alpha value is -2.15. The molecule has 0 aliphatic heterocycles. The zero-order valence-electron chi connectivity index (χ0n) is 10.9. The maximum Gasteiger partial charge on any atom is 0.417 e. The largest absolute Gasteiger partial charge is 0.497 e. The van der Waals surface area contributed by atoms with E-state index < -0.39 is 23.7 Å². The van der Waals surface area contributed by atoms with Crippen molar-refractivity contribution in [3.63, 3.8) is 0 Å². The number of hydrogen-bond donors (Lipinski definition) is 1. The molecule has 1 N–H and O–H groups in total. The second-order valence-electron chi connectivity index (χ2n) is 4.26. The number of alkyl halides is 3. The maximum atomic E-state index is 13.8. The molecule has 1 aromatic carbocycles. The number of rotatable bonds is 3. The highest BCUT2D eigenvalue weighted by Gasteiger charge is 2.31. The predicted octanol–water partition coefficient (Wildman–Crippen LogP) is 3.33. The molecule has 0 aliphatic rings. The molecule has 0 fully saturated rings. The van der Waals surface area contributed by atoms with E-state index in [1.165, 1.54) is 19.2 Å². The third-order valence-corrected chi connectivity index (χ3v) is 2.90. The van der Waals surface area contributed by atoms with E-state index >= 15 is 0 Å². The van der Waals surface area contributed by atoms with Gasteiger partial charge in [-0.15, -0.1) is 0 Å². The van der Waals surface area contributed by atoms with Gasteiger partial charge in [-0.2, -0.15) is 13.2 Å². The number of ether oxygens (including phenoxy) is 1. The van der Waals surface area contributed by atoms with Crippen LogP contribution in [0.1, 0.15) is 22.9 Å². The zero-order valence-corrected chi connectivity index (χ0v) is 10.9. The third-order valence-electron chi connectivity index (χ3n) is 2.90. The molecule has 0 amide bonds. The average Bonchev–Trinajstić information content (AvgIpc) is 2.45.